The summed E-state index contributed by atoms with van der Waals surface area (Å²) >= 11 is 0. The molecule has 2 N–H and O–H groups in total. The number of aliphatic imine (C=N–C) groups is 1. The fourth-order valence-electron chi connectivity index (χ4n) is 1.74. The maximum Gasteiger partial charge on any atom is 0.191 e. The second-order valence-electron chi connectivity index (χ2n) is 4.69. The molecule has 138 valence electrons. The van der Waals surface area contributed by atoms with Crippen molar-refractivity contribution in [3.63, 3.8) is 0 Å². The van der Waals surface area contributed by atoms with Gasteiger partial charge in [-0.25, -0.2) is 4.39 Å². The van der Waals surface area contributed by atoms with Crippen molar-refractivity contribution in [3.05, 3.63) is 30.1 Å². The Hall–Kier alpha value is -1.13. The smallest absolute Gasteiger partial charge is 0.191 e. The van der Waals surface area contributed by atoms with Crippen molar-refractivity contribution in [2.75, 3.05) is 53.7 Å². The zero-order chi connectivity index (χ0) is 16.8. The summed E-state index contributed by atoms with van der Waals surface area (Å²) in [5.41, 5.74) is 0. The molecule has 0 bridgehead atoms. The van der Waals surface area contributed by atoms with E-state index in [4.69, 9.17) is 14.2 Å². The molecule has 6 nitrogen and oxygen atoms in total. The average Bonchev–Trinajstić information content (AvgIpc) is 2.56. The van der Waals surface area contributed by atoms with Crippen LogP contribution in [0.2, 0.25) is 0 Å². The van der Waals surface area contributed by atoms with Gasteiger partial charge in [-0.2, -0.15) is 0 Å². The summed E-state index contributed by atoms with van der Waals surface area (Å²) in [6.07, 6.45) is 0.879. The van der Waals surface area contributed by atoms with Gasteiger partial charge in [0.2, 0.25) is 0 Å². The lowest BCUT2D eigenvalue weighted by Gasteiger charge is -2.12. The molecule has 0 saturated heterocycles. The summed E-state index contributed by atoms with van der Waals surface area (Å²) in [5.74, 6) is 0.911. The third-order valence-electron chi connectivity index (χ3n) is 2.87. The molecular formula is C16H27FIN3O3. The number of ether oxygens (including phenoxy) is 3. The number of nitrogens with zero attached hydrogens (tertiary/aromatic N) is 1. The number of hydrogen-bond donors (Lipinski definition) is 2. The normalized spacial score (nSPS) is 10.9. The standard InChI is InChI=1S/C16H26FN3O3.HI/c1-18-16(19-7-4-9-22-12-11-21-2)20-8-10-23-15-6-3-5-14(17)13-15;/h3,5-6,13H,4,7-12H2,1-2H3,(H2,18,19,20);1H. The van der Waals surface area contributed by atoms with Crippen LogP contribution in [0, 0.1) is 5.82 Å². The predicted molar refractivity (Wildman–Crippen MR) is 104 cm³/mol. The summed E-state index contributed by atoms with van der Waals surface area (Å²) < 4.78 is 28.7. The van der Waals surface area contributed by atoms with Crippen LogP contribution >= 0.6 is 24.0 Å². The SMILES string of the molecule is CN=C(NCCCOCCOC)NCCOc1cccc(F)c1.I. The van der Waals surface area contributed by atoms with Gasteiger partial charge in [-0.15, -0.1) is 24.0 Å². The third kappa shape index (κ3) is 11.4. The van der Waals surface area contributed by atoms with E-state index in [0.29, 0.717) is 44.7 Å². The Morgan fingerprint density at radius 3 is 2.62 bits per heavy atom. The van der Waals surface area contributed by atoms with E-state index < -0.39 is 0 Å². The first-order valence-electron chi connectivity index (χ1n) is 7.66. The molecule has 1 aromatic carbocycles. The Morgan fingerprint density at radius 2 is 1.92 bits per heavy atom. The molecule has 0 unspecified atom stereocenters. The summed E-state index contributed by atoms with van der Waals surface area (Å²) in [5, 5.41) is 6.30. The lowest BCUT2D eigenvalue weighted by Crippen LogP contribution is -2.39. The minimum absolute atomic E-state index is 0. The van der Waals surface area contributed by atoms with Crippen LogP contribution in [-0.2, 0) is 9.47 Å². The summed E-state index contributed by atoms with van der Waals surface area (Å²) in [7, 11) is 3.36. The van der Waals surface area contributed by atoms with Gasteiger partial charge >= 0.3 is 0 Å². The molecule has 0 aliphatic carbocycles. The van der Waals surface area contributed by atoms with Crippen molar-refractivity contribution in [3.8, 4) is 5.75 Å². The van der Waals surface area contributed by atoms with E-state index in [1.165, 1.54) is 12.1 Å². The molecule has 0 aliphatic heterocycles. The minimum atomic E-state index is -0.305. The van der Waals surface area contributed by atoms with Crippen molar-refractivity contribution in [2.45, 2.75) is 6.42 Å². The third-order valence-corrected chi connectivity index (χ3v) is 2.87. The monoisotopic (exact) mass is 455 g/mol. The van der Waals surface area contributed by atoms with Gasteiger partial charge in [0.05, 0.1) is 19.8 Å². The summed E-state index contributed by atoms with van der Waals surface area (Å²) in [4.78, 5) is 4.11. The molecule has 8 heteroatoms. The van der Waals surface area contributed by atoms with Gasteiger partial charge in [0.25, 0.3) is 0 Å². The van der Waals surface area contributed by atoms with Gasteiger partial charge in [0, 0.05) is 33.4 Å². The molecule has 0 spiro atoms. The number of guanidine groups is 1. The Bertz CT molecular complexity index is 464. The fraction of sp³-hybridized carbons (Fsp3) is 0.562. The van der Waals surface area contributed by atoms with E-state index in [2.05, 4.69) is 15.6 Å². The van der Waals surface area contributed by atoms with Gasteiger partial charge in [-0.1, -0.05) is 6.07 Å². The number of nitrogens with one attached hydrogen (secondary N) is 2. The Morgan fingerprint density at radius 1 is 1.12 bits per heavy atom. The van der Waals surface area contributed by atoms with Crippen LogP contribution < -0.4 is 15.4 Å². The van der Waals surface area contributed by atoms with Crippen LogP contribution in [-0.4, -0.2) is 59.6 Å². The maximum atomic E-state index is 13.0. The molecule has 24 heavy (non-hydrogen) atoms. The molecular weight excluding hydrogens is 428 g/mol. The lowest BCUT2D eigenvalue weighted by atomic mass is 10.3. The van der Waals surface area contributed by atoms with E-state index in [-0.39, 0.29) is 29.8 Å². The molecule has 1 aromatic rings. The fourth-order valence-corrected chi connectivity index (χ4v) is 1.74. The van der Waals surface area contributed by atoms with Crippen molar-refractivity contribution in [1.82, 2.24) is 10.6 Å². The Balaban J connectivity index is 0.00000529. The highest BCUT2D eigenvalue weighted by Gasteiger charge is 1.98. The van der Waals surface area contributed by atoms with E-state index in [1.54, 1.807) is 26.3 Å². The van der Waals surface area contributed by atoms with Crippen LogP contribution in [0.3, 0.4) is 0 Å². The molecule has 0 saturated carbocycles. The average molecular weight is 455 g/mol. The highest BCUT2D eigenvalue weighted by Crippen LogP contribution is 2.11. The zero-order valence-corrected chi connectivity index (χ0v) is 16.5. The van der Waals surface area contributed by atoms with E-state index in [0.717, 1.165) is 13.0 Å². The number of benzene rings is 1. The number of rotatable bonds is 11. The number of methoxy groups -OCH3 is 1. The Kier molecular flexibility index (Phi) is 14.7. The second-order valence-corrected chi connectivity index (χ2v) is 4.69. The van der Waals surface area contributed by atoms with Gasteiger partial charge in [-0.05, 0) is 18.6 Å². The largest absolute Gasteiger partial charge is 0.492 e. The van der Waals surface area contributed by atoms with Gasteiger partial charge in [0.1, 0.15) is 18.2 Å². The molecule has 0 heterocycles. The van der Waals surface area contributed by atoms with Crippen LogP contribution in [0.4, 0.5) is 4.39 Å². The van der Waals surface area contributed by atoms with Crippen molar-refractivity contribution >= 4 is 29.9 Å². The quantitative estimate of drug-likeness (QED) is 0.232. The summed E-state index contributed by atoms with van der Waals surface area (Å²) in [6.45, 7) is 3.65. The topological polar surface area (TPSA) is 64.1 Å². The lowest BCUT2D eigenvalue weighted by molar-refractivity contribution is 0.0698. The molecule has 0 aliphatic rings. The first-order valence-corrected chi connectivity index (χ1v) is 7.66. The van der Waals surface area contributed by atoms with Crippen LogP contribution in [0.25, 0.3) is 0 Å². The zero-order valence-electron chi connectivity index (χ0n) is 14.2. The van der Waals surface area contributed by atoms with Crippen LogP contribution in [0.5, 0.6) is 5.75 Å². The number of halogens is 2. The van der Waals surface area contributed by atoms with E-state index in [9.17, 15) is 4.39 Å². The maximum absolute atomic E-state index is 13.0. The van der Waals surface area contributed by atoms with E-state index in [1.807, 2.05) is 0 Å². The molecule has 0 fully saturated rings. The molecule has 0 amide bonds. The predicted octanol–water partition coefficient (Wildman–Crippen LogP) is 2.04. The first kappa shape index (κ1) is 22.9. The van der Waals surface area contributed by atoms with Crippen LogP contribution in [0.15, 0.2) is 29.3 Å². The second kappa shape index (κ2) is 15.4. The highest BCUT2D eigenvalue weighted by molar-refractivity contribution is 14.0. The number of hydrogen-bond acceptors (Lipinski definition) is 4. The molecule has 0 radical (unpaired) electrons. The van der Waals surface area contributed by atoms with Crippen molar-refractivity contribution < 1.29 is 18.6 Å². The first-order chi connectivity index (χ1) is 11.3. The Labute approximate surface area is 160 Å². The highest BCUT2D eigenvalue weighted by atomic mass is 127. The summed E-state index contributed by atoms with van der Waals surface area (Å²) in [6, 6.07) is 6.08. The van der Waals surface area contributed by atoms with E-state index >= 15 is 0 Å². The molecule has 0 aromatic heterocycles. The van der Waals surface area contributed by atoms with Gasteiger partial charge in [-0.3, -0.25) is 4.99 Å². The van der Waals surface area contributed by atoms with Gasteiger partial charge < -0.3 is 24.8 Å². The minimum Gasteiger partial charge on any atom is -0.492 e. The van der Waals surface area contributed by atoms with Crippen molar-refractivity contribution in [1.29, 1.82) is 0 Å². The van der Waals surface area contributed by atoms with Gasteiger partial charge in [0.15, 0.2) is 5.96 Å². The van der Waals surface area contributed by atoms with Crippen molar-refractivity contribution in [2.24, 2.45) is 4.99 Å². The molecule has 0 atom stereocenters. The van der Waals surface area contributed by atoms with Crippen LogP contribution in [0.1, 0.15) is 6.42 Å². The molecule has 1 rings (SSSR count).